The monoisotopic (exact) mass is 373 g/mol. The van der Waals surface area contributed by atoms with Crippen molar-refractivity contribution in [2.45, 2.75) is 40.5 Å². The summed E-state index contributed by atoms with van der Waals surface area (Å²) in [5.41, 5.74) is -6.72. The topological polar surface area (TPSA) is 161 Å². The van der Waals surface area contributed by atoms with Crippen molar-refractivity contribution in [3.63, 3.8) is 0 Å². The van der Waals surface area contributed by atoms with Gasteiger partial charge in [0.2, 0.25) is 0 Å². The molecule has 1 fully saturated rings. The summed E-state index contributed by atoms with van der Waals surface area (Å²) in [5.74, 6) is -8.49. The molecular weight excluding hydrogens is 346 g/mol. The van der Waals surface area contributed by atoms with Gasteiger partial charge in [-0.1, -0.05) is 6.92 Å². The highest BCUT2D eigenvalue weighted by molar-refractivity contribution is 5.95. The van der Waals surface area contributed by atoms with Gasteiger partial charge in [0, 0.05) is 0 Å². The lowest BCUT2D eigenvalue weighted by Crippen LogP contribution is -2.66. The van der Waals surface area contributed by atoms with Crippen LogP contribution < -0.4 is 5.32 Å². The van der Waals surface area contributed by atoms with Gasteiger partial charge in [0.25, 0.3) is 0 Å². The number of aliphatic carboxylic acids is 4. The largest absolute Gasteiger partial charge is 0.481 e. The highest BCUT2D eigenvalue weighted by Crippen LogP contribution is 2.60. The number of hydrogen-bond donors (Lipinski definition) is 5. The summed E-state index contributed by atoms with van der Waals surface area (Å²) < 4.78 is 0. The van der Waals surface area contributed by atoms with Gasteiger partial charge < -0.3 is 25.7 Å². The van der Waals surface area contributed by atoms with Crippen LogP contribution in [0.15, 0.2) is 0 Å². The molecule has 1 saturated heterocycles. The predicted octanol–water partition coefficient (Wildman–Crippen LogP) is 0.979. The summed E-state index contributed by atoms with van der Waals surface area (Å²) in [7, 11) is 0. The lowest BCUT2D eigenvalue weighted by molar-refractivity contribution is -0.208. The van der Waals surface area contributed by atoms with Gasteiger partial charge >= 0.3 is 23.9 Å². The standard InChI is InChI=1S/C17H27NO8/c1-9(11(19)20)15(2,12(21)22)17(4,14(25)26)16(3,13(23)24)10-5-7-18-8-6-10/h9-10,18H,5-8H2,1-4H3,(H,19,20)(H,21,22)(H,23,24)(H,25,26). The molecule has 4 unspecified atom stereocenters. The molecule has 1 heterocycles. The van der Waals surface area contributed by atoms with Gasteiger partial charge in [0.1, 0.15) is 0 Å². The maximum absolute atomic E-state index is 12.4. The number of piperidine rings is 1. The summed E-state index contributed by atoms with van der Waals surface area (Å²) in [6, 6.07) is 0. The second-order valence-electron chi connectivity index (χ2n) is 7.53. The number of nitrogens with one attached hydrogen (secondary N) is 1. The van der Waals surface area contributed by atoms with E-state index in [1.807, 2.05) is 0 Å². The fraction of sp³-hybridized carbons (Fsp3) is 0.765. The van der Waals surface area contributed by atoms with Crippen molar-refractivity contribution in [3.05, 3.63) is 0 Å². The third-order valence-corrected chi connectivity index (χ3v) is 6.79. The Labute approximate surface area is 151 Å². The fourth-order valence-corrected chi connectivity index (χ4v) is 4.26. The van der Waals surface area contributed by atoms with Crippen LogP contribution in [-0.4, -0.2) is 57.4 Å². The Morgan fingerprint density at radius 1 is 0.885 bits per heavy atom. The van der Waals surface area contributed by atoms with Crippen molar-refractivity contribution >= 4 is 23.9 Å². The molecule has 0 spiro atoms. The lowest BCUT2D eigenvalue weighted by atomic mass is 9.45. The van der Waals surface area contributed by atoms with Crippen molar-refractivity contribution in [1.29, 1.82) is 0 Å². The fourth-order valence-electron chi connectivity index (χ4n) is 4.26. The number of carboxylic acids is 4. The molecule has 0 aromatic rings. The Bertz CT molecular complexity index is 614. The second-order valence-corrected chi connectivity index (χ2v) is 7.53. The molecule has 0 aromatic heterocycles. The predicted molar refractivity (Wildman–Crippen MR) is 89.6 cm³/mol. The van der Waals surface area contributed by atoms with Crippen molar-refractivity contribution in [1.82, 2.24) is 5.32 Å². The van der Waals surface area contributed by atoms with Gasteiger partial charge in [0.15, 0.2) is 0 Å². The van der Waals surface area contributed by atoms with E-state index < -0.39 is 52.0 Å². The summed E-state index contributed by atoms with van der Waals surface area (Å²) >= 11 is 0. The highest BCUT2D eigenvalue weighted by Gasteiger charge is 2.71. The van der Waals surface area contributed by atoms with E-state index in [1.165, 1.54) is 6.92 Å². The minimum Gasteiger partial charge on any atom is -0.481 e. The highest BCUT2D eigenvalue weighted by atomic mass is 16.4. The van der Waals surface area contributed by atoms with Gasteiger partial charge in [-0.2, -0.15) is 0 Å². The van der Waals surface area contributed by atoms with E-state index in [4.69, 9.17) is 0 Å². The molecule has 9 heteroatoms. The van der Waals surface area contributed by atoms with Crippen LogP contribution in [-0.2, 0) is 19.2 Å². The molecule has 4 atom stereocenters. The van der Waals surface area contributed by atoms with Crippen LogP contribution in [0.25, 0.3) is 0 Å². The van der Waals surface area contributed by atoms with Crippen molar-refractivity contribution in [2.75, 3.05) is 13.1 Å². The molecule has 0 amide bonds. The van der Waals surface area contributed by atoms with E-state index in [0.29, 0.717) is 25.9 Å². The first-order valence-corrected chi connectivity index (χ1v) is 8.43. The summed E-state index contributed by atoms with van der Waals surface area (Å²) in [6.07, 6.45) is 0.700. The number of hydrogen-bond acceptors (Lipinski definition) is 5. The number of rotatable bonds is 8. The van der Waals surface area contributed by atoms with Gasteiger partial charge in [-0.05, 0) is 52.6 Å². The first-order valence-electron chi connectivity index (χ1n) is 8.43. The van der Waals surface area contributed by atoms with Crippen molar-refractivity contribution in [2.24, 2.45) is 28.1 Å². The molecule has 1 rings (SSSR count). The molecule has 9 nitrogen and oxygen atoms in total. The van der Waals surface area contributed by atoms with Crippen LogP contribution in [0.4, 0.5) is 0 Å². The molecule has 0 bridgehead atoms. The van der Waals surface area contributed by atoms with Crippen LogP contribution >= 0.6 is 0 Å². The van der Waals surface area contributed by atoms with Gasteiger partial charge in [-0.25, -0.2) is 0 Å². The number of carbonyl (C=O) groups is 4. The summed E-state index contributed by atoms with van der Waals surface area (Å²) in [6.45, 7) is 5.35. The third-order valence-electron chi connectivity index (χ3n) is 6.79. The molecule has 0 radical (unpaired) electrons. The van der Waals surface area contributed by atoms with Gasteiger partial charge in [-0.15, -0.1) is 0 Å². The zero-order valence-electron chi connectivity index (χ0n) is 15.4. The van der Waals surface area contributed by atoms with Crippen LogP contribution in [0.2, 0.25) is 0 Å². The molecule has 1 aliphatic rings. The van der Waals surface area contributed by atoms with E-state index in [-0.39, 0.29) is 0 Å². The molecule has 26 heavy (non-hydrogen) atoms. The molecule has 0 aromatic carbocycles. The Morgan fingerprint density at radius 3 is 1.65 bits per heavy atom. The Morgan fingerprint density at radius 2 is 1.35 bits per heavy atom. The van der Waals surface area contributed by atoms with Crippen LogP contribution in [0.3, 0.4) is 0 Å². The van der Waals surface area contributed by atoms with Gasteiger partial charge in [-0.3, -0.25) is 19.2 Å². The van der Waals surface area contributed by atoms with Crippen LogP contribution in [0.5, 0.6) is 0 Å². The van der Waals surface area contributed by atoms with E-state index in [2.05, 4.69) is 5.32 Å². The van der Waals surface area contributed by atoms with E-state index >= 15 is 0 Å². The SMILES string of the molecule is CC(C(=O)O)C(C)(C(=O)O)C(C)(C(=O)O)C(C)(C(=O)O)C1CCNCC1. The zero-order chi connectivity index (χ0) is 20.5. The Hall–Kier alpha value is -2.16. The first-order chi connectivity index (χ1) is 11.8. The van der Waals surface area contributed by atoms with E-state index in [9.17, 15) is 39.6 Å². The van der Waals surface area contributed by atoms with Crippen molar-refractivity contribution < 1.29 is 39.6 Å². The molecule has 0 aliphatic carbocycles. The van der Waals surface area contributed by atoms with Crippen molar-refractivity contribution in [3.8, 4) is 0 Å². The third kappa shape index (κ3) is 2.84. The van der Waals surface area contributed by atoms with Crippen LogP contribution in [0.1, 0.15) is 40.5 Å². The molecule has 1 aliphatic heterocycles. The average molecular weight is 373 g/mol. The summed E-state index contributed by atoms with van der Waals surface area (Å²) in [4.78, 5) is 48.4. The van der Waals surface area contributed by atoms with E-state index in [1.54, 1.807) is 0 Å². The minimum atomic E-state index is -2.38. The normalized spacial score (nSPS) is 23.7. The van der Waals surface area contributed by atoms with Gasteiger partial charge in [0.05, 0.1) is 22.2 Å². The molecule has 5 N–H and O–H groups in total. The molecule has 0 saturated carbocycles. The molecule has 148 valence electrons. The second kappa shape index (κ2) is 7.22. The zero-order valence-corrected chi connectivity index (χ0v) is 15.4. The quantitative estimate of drug-likeness (QED) is 0.417. The van der Waals surface area contributed by atoms with Crippen LogP contribution in [0, 0.1) is 28.1 Å². The Balaban J connectivity index is 3.81. The van der Waals surface area contributed by atoms with E-state index in [0.717, 1.165) is 20.8 Å². The number of carboxylic acid groups (broad SMARTS) is 4. The lowest BCUT2D eigenvalue weighted by Gasteiger charge is -2.54. The average Bonchev–Trinajstić information content (AvgIpc) is 2.58. The summed E-state index contributed by atoms with van der Waals surface area (Å²) in [5, 5.41) is 42.4. The minimum absolute atomic E-state index is 0.350. The Kier molecular flexibility index (Phi) is 6.08. The smallest absolute Gasteiger partial charge is 0.311 e. The maximum atomic E-state index is 12.4. The molecular formula is C17H27NO8. The maximum Gasteiger partial charge on any atom is 0.311 e. The first kappa shape index (κ1) is 21.9.